The van der Waals surface area contributed by atoms with Crippen LogP contribution in [0.25, 0.3) is 0 Å². The van der Waals surface area contributed by atoms with E-state index in [0.717, 1.165) is 5.92 Å². The van der Waals surface area contributed by atoms with Crippen molar-refractivity contribution in [3.8, 4) is 0 Å². The Hall–Kier alpha value is -0.470. The summed E-state index contributed by atoms with van der Waals surface area (Å²) in [5.41, 5.74) is 3.06. The van der Waals surface area contributed by atoms with Crippen LogP contribution < -0.4 is 5.32 Å². The standard InChI is InChI=1S/C18H29NS/c1-15(2)9-5-3-4-8-12-19-18-14-20-13-16-10-6-7-11-17(16)18/h6-7,10-11,15,18-19H,3-5,8-9,12-14H2,1-2H3. The summed E-state index contributed by atoms with van der Waals surface area (Å²) >= 11 is 2.06. The third kappa shape index (κ3) is 5.14. The molecule has 0 aromatic heterocycles. The maximum Gasteiger partial charge on any atom is 0.0415 e. The quantitative estimate of drug-likeness (QED) is 0.663. The largest absolute Gasteiger partial charge is 0.309 e. The van der Waals surface area contributed by atoms with Crippen molar-refractivity contribution in [1.29, 1.82) is 0 Å². The summed E-state index contributed by atoms with van der Waals surface area (Å²) in [7, 11) is 0. The molecule has 1 heterocycles. The van der Waals surface area contributed by atoms with E-state index in [1.807, 2.05) is 0 Å². The van der Waals surface area contributed by atoms with Gasteiger partial charge in [0.1, 0.15) is 0 Å². The molecule has 1 N–H and O–H groups in total. The molecule has 1 aliphatic heterocycles. The molecular formula is C18H29NS. The Kier molecular flexibility index (Phi) is 6.95. The van der Waals surface area contributed by atoms with Crippen LogP contribution in [-0.2, 0) is 5.75 Å². The lowest BCUT2D eigenvalue weighted by atomic mass is 10.0. The van der Waals surface area contributed by atoms with E-state index >= 15 is 0 Å². The fourth-order valence-electron chi connectivity index (χ4n) is 2.86. The van der Waals surface area contributed by atoms with Crippen molar-refractivity contribution >= 4 is 11.8 Å². The van der Waals surface area contributed by atoms with Gasteiger partial charge < -0.3 is 5.32 Å². The Morgan fingerprint density at radius 2 is 1.95 bits per heavy atom. The molecule has 1 aliphatic rings. The summed E-state index contributed by atoms with van der Waals surface area (Å²) in [6, 6.07) is 9.49. The smallest absolute Gasteiger partial charge is 0.0415 e. The maximum absolute atomic E-state index is 3.76. The second-order valence-electron chi connectivity index (χ2n) is 6.32. The second-order valence-corrected chi connectivity index (χ2v) is 7.35. The van der Waals surface area contributed by atoms with Crippen LogP contribution >= 0.6 is 11.8 Å². The first-order valence-corrected chi connectivity index (χ1v) is 9.32. The maximum atomic E-state index is 3.76. The number of rotatable bonds is 8. The van der Waals surface area contributed by atoms with E-state index < -0.39 is 0 Å². The van der Waals surface area contributed by atoms with Gasteiger partial charge in [0.25, 0.3) is 0 Å². The van der Waals surface area contributed by atoms with E-state index in [1.54, 1.807) is 0 Å². The van der Waals surface area contributed by atoms with E-state index in [2.05, 4.69) is 55.2 Å². The molecule has 0 saturated carbocycles. The van der Waals surface area contributed by atoms with Crippen LogP contribution in [0.1, 0.15) is 63.1 Å². The number of thioether (sulfide) groups is 1. The molecular weight excluding hydrogens is 262 g/mol. The average molecular weight is 292 g/mol. The highest BCUT2D eigenvalue weighted by Gasteiger charge is 2.18. The minimum absolute atomic E-state index is 0.570. The van der Waals surface area contributed by atoms with Gasteiger partial charge in [0.2, 0.25) is 0 Å². The van der Waals surface area contributed by atoms with Crippen LogP contribution in [0.15, 0.2) is 24.3 Å². The zero-order valence-corrected chi connectivity index (χ0v) is 13.8. The third-order valence-electron chi connectivity index (χ3n) is 4.07. The molecule has 0 radical (unpaired) electrons. The number of nitrogens with one attached hydrogen (secondary N) is 1. The average Bonchev–Trinajstić information content (AvgIpc) is 2.46. The number of fused-ring (bicyclic) bond motifs is 1. The summed E-state index contributed by atoms with van der Waals surface area (Å²) < 4.78 is 0. The van der Waals surface area contributed by atoms with Crippen molar-refractivity contribution in [3.63, 3.8) is 0 Å². The fourth-order valence-corrected chi connectivity index (χ4v) is 3.99. The van der Waals surface area contributed by atoms with Gasteiger partial charge >= 0.3 is 0 Å². The van der Waals surface area contributed by atoms with Crippen LogP contribution in [0.5, 0.6) is 0 Å². The Balaban J connectivity index is 1.63. The molecule has 2 heteroatoms. The number of benzene rings is 1. The molecule has 1 nitrogen and oxygen atoms in total. The van der Waals surface area contributed by atoms with Crippen molar-refractivity contribution < 1.29 is 0 Å². The van der Waals surface area contributed by atoms with Crippen molar-refractivity contribution in [2.24, 2.45) is 5.92 Å². The van der Waals surface area contributed by atoms with E-state index in [0.29, 0.717) is 6.04 Å². The molecule has 0 aliphatic carbocycles. The topological polar surface area (TPSA) is 12.0 Å². The highest BCUT2D eigenvalue weighted by molar-refractivity contribution is 7.98. The van der Waals surface area contributed by atoms with Gasteiger partial charge in [-0.05, 0) is 30.0 Å². The highest BCUT2D eigenvalue weighted by atomic mass is 32.2. The molecule has 0 saturated heterocycles. The predicted molar refractivity (Wildman–Crippen MR) is 91.3 cm³/mol. The normalized spacial score (nSPS) is 18.2. The summed E-state index contributed by atoms with van der Waals surface area (Å²) in [6.45, 7) is 5.81. The minimum Gasteiger partial charge on any atom is -0.309 e. The van der Waals surface area contributed by atoms with Gasteiger partial charge in [-0.3, -0.25) is 0 Å². The van der Waals surface area contributed by atoms with Crippen molar-refractivity contribution in [1.82, 2.24) is 5.32 Å². The van der Waals surface area contributed by atoms with E-state index in [9.17, 15) is 0 Å². The molecule has 0 bridgehead atoms. The summed E-state index contributed by atoms with van der Waals surface area (Å²) in [5, 5.41) is 3.76. The lowest BCUT2D eigenvalue weighted by Crippen LogP contribution is -2.27. The van der Waals surface area contributed by atoms with Gasteiger partial charge in [0.15, 0.2) is 0 Å². The molecule has 0 fully saturated rings. The predicted octanol–water partition coefficient (Wildman–Crippen LogP) is 5.17. The number of hydrogen-bond acceptors (Lipinski definition) is 2. The number of hydrogen-bond donors (Lipinski definition) is 1. The molecule has 0 spiro atoms. The van der Waals surface area contributed by atoms with Crippen LogP contribution in [0.4, 0.5) is 0 Å². The van der Waals surface area contributed by atoms with Gasteiger partial charge in [0.05, 0.1) is 0 Å². The fraction of sp³-hybridized carbons (Fsp3) is 0.667. The number of unbranched alkanes of at least 4 members (excludes halogenated alkanes) is 3. The van der Waals surface area contributed by atoms with Crippen LogP contribution in [0.3, 0.4) is 0 Å². The van der Waals surface area contributed by atoms with Crippen LogP contribution in [0.2, 0.25) is 0 Å². The van der Waals surface area contributed by atoms with Crippen molar-refractivity contribution in [2.75, 3.05) is 12.3 Å². The summed E-state index contributed by atoms with van der Waals surface area (Å²) in [5.74, 6) is 3.28. The van der Waals surface area contributed by atoms with E-state index in [4.69, 9.17) is 0 Å². The molecule has 1 aromatic carbocycles. The van der Waals surface area contributed by atoms with Gasteiger partial charge in [-0.25, -0.2) is 0 Å². The van der Waals surface area contributed by atoms with Gasteiger partial charge in [0, 0.05) is 17.5 Å². The molecule has 0 amide bonds. The first-order chi connectivity index (χ1) is 9.77. The third-order valence-corrected chi connectivity index (χ3v) is 5.16. The molecule has 20 heavy (non-hydrogen) atoms. The van der Waals surface area contributed by atoms with E-state index in [-0.39, 0.29) is 0 Å². The lowest BCUT2D eigenvalue weighted by molar-refractivity contribution is 0.499. The molecule has 1 atom stereocenters. The minimum atomic E-state index is 0.570. The Bertz CT molecular complexity index is 389. The monoisotopic (exact) mass is 291 g/mol. The van der Waals surface area contributed by atoms with Crippen molar-refractivity contribution in [2.45, 2.75) is 57.7 Å². The highest BCUT2D eigenvalue weighted by Crippen LogP contribution is 2.31. The molecule has 1 aromatic rings. The Morgan fingerprint density at radius 3 is 2.80 bits per heavy atom. The SMILES string of the molecule is CC(C)CCCCCCNC1CSCc2ccccc21. The summed E-state index contributed by atoms with van der Waals surface area (Å²) in [6.07, 6.45) is 6.89. The van der Waals surface area contributed by atoms with Crippen molar-refractivity contribution in [3.05, 3.63) is 35.4 Å². The Morgan fingerprint density at radius 1 is 1.15 bits per heavy atom. The lowest BCUT2D eigenvalue weighted by Gasteiger charge is -2.26. The van der Waals surface area contributed by atoms with Gasteiger partial charge in [-0.15, -0.1) is 0 Å². The van der Waals surface area contributed by atoms with Crippen LogP contribution in [0, 0.1) is 5.92 Å². The summed E-state index contributed by atoms with van der Waals surface area (Å²) in [4.78, 5) is 0. The first-order valence-electron chi connectivity index (χ1n) is 8.16. The first kappa shape index (κ1) is 15.9. The molecule has 2 rings (SSSR count). The zero-order chi connectivity index (χ0) is 14.2. The zero-order valence-electron chi connectivity index (χ0n) is 13.0. The van der Waals surface area contributed by atoms with E-state index in [1.165, 1.54) is 61.3 Å². The van der Waals surface area contributed by atoms with Gasteiger partial charge in [-0.2, -0.15) is 11.8 Å². The molecule has 112 valence electrons. The Labute approximate surface area is 128 Å². The molecule has 1 unspecified atom stereocenters. The second kappa shape index (κ2) is 8.74. The van der Waals surface area contributed by atoms with Gasteiger partial charge in [-0.1, -0.05) is 63.8 Å². The van der Waals surface area contributed by atoms with Crippen LogP contribution in [-0.4, -0.2) is 12.3 Å².